The summed E-state index contributed by atoms with van der Waals surface area (Å²) in [6.07, 6.45) is 0. The van der Waals surface area contributed by atoms with E-state index in [-0.39, 0.29) is 5.91 Å². The van der Waals surface area contributed by atoms with Crippen LogP contribution in [-0.2, 0) is 4.74 Å². The monoisotopic (exact) mass is 251 g/mol. The third-order valence-corrected chi connectivity index (χ3v) is 2.78. The van der Waals surface area contributed by atoms with Crippen LogP contribution >= 0.6 is 0 Å². The van der Waals surface area contributed by atoms with Gasteiger partial charge in [-0.05, 0) is 12.1 Å². The molecule has 1 heterocycles. The van der Waals surface area contributed by atoms with Crippen molar-refractivity contribution in [3.05, 3.63) is 23.8 Å². The maximum absolute atomic E-state index is 12.2. The molecule has 1 aliphatic rings. The van der Waals surface area contributed by atoms with Gasteiger partial charge in [-0.15, -0.1) is 0 Å². The van der Waals surface area contributed by atoms with Crippen molar-refractivity contribution in [3.8, 4) is 5.75 Å². The third kappa shape index (κ3) is 2.72. The summed E-state index contributed by atoms with van der Waals surface area (Å²) in [7, 11) is 1.51. The van der Waals surface area contributed by atoms with E-state index in [1.54, 1.807) is 18.2 Å². The topological polar surface area (TPSA) is 76.8 Å². The molecule has 0 radical (unpaired) electrons. The fourth-order valence-corrected chi connectivity index (χ4v) is 1.84. The number of hydrazine groups is 1. The number of nitrogens with two attached hydrogens (primary N) is 1. The van der Waals surface area contributed by atoms with Crippen LogP contribution in [0, 0.1) is 0 Å². The van der Waals surface area contributed by atoms with Gasteiger partial charge in [-0.3, -0.25) is 10.2 Å². The average Bonchev–Trinajstić information content (AvgIpc) is 2.39. The second kappa shape index (κ2) is 5.70. The lowest BCUT2D eigenvalue weighted by Gasteiger charge is -2.27. The first-order chi connectivity index (χ1) is 8.72. The molecule has 0 atom stereocenters. The lowest BCUT2D eigenvalue weighted by atomic mass is 10.1. The molecule has 0 spiro atoms. The molecule has 0 bridgehead atoms. The lowest BCUT2D eigenvalue weighted by Crippen LogP contribution is -2.48. The highest BCUT2D eigenvalue weighted by molar-refractivity contribution is 6.01. The molecule has 1 aromatic carbocycles. The molecule has 2 rings (SSSR count). The second-order valence-electron chi connectivity index (χ2n) is 3.96. The van der Waals surface area contributed by atoms with E-state index in [1.807, 2.05) is 5.01 Å². The Hall–Kier alpha value is -1.79. The van der Waals surface area contributed by atoms with Crippen LogP contribution in [-0.4, -0.2) is 44.3 Å². The molecule has 1 amide bonds. The van der Waals surface area contributed by atoms with E-state index in [0.29, 0.717) is 43.3 Å². The van der Waals surface area contributed by atoms with Crippen molar-refractivity contribution < 1.29 is 14.3 Å². The average molecular weight is 251 g/mol. The molecule has 18 heavy (non-hydrogen) atoms. The van der Waals surface area contributed by atoms with Crippen LogP contribution < -0.4 is 15.9 Å². The number of anilines is 1. The third-order valence-electron chi connectivity index (χ3n) is 2.78. The summed E-state index contributed by atoms with van der Waals surface area (Å²) in [6.45, 7) is 2.56. The van der Waals surface area contributed by atoms with Crippen molar-refractivity contribution in [2.24, 2.45) is 0 Å². The molecular formula is C12H17N3O3. The number of methoxy groups -OCH3 is 1. The van der Waals surface area contributed by atoms with Crippen LogP contribution in [0.25, 0.3) is 0 Å². The van der Waals surface area contributed by atoms with Crippen molar-refractivity contribution in [2.45, 2.75) is 0 Å². The number of ether oxygens (including phenoxy) is 2. The Morgan fingerprint density at radius 1 is 1.44 bits per heavy atom. The Balaban J connectivity index is 2.12. The van der Waals surface area contributed by atoms with Gasteiger partial charge in [-0.25, -0.2) is 5.01 Å². The Bertz CT molecular complexity index is 431. The molecular weight excluding hydrogens is 234 g/mol. The van der Waals surface area contributed by atoms with E-state index >= 15 is 0 Å². The molecule has 1 saturated heterocycles. The molecule has 98 valence electrons. The summed E-state index contributed by atoms with van der Waals surface area (Å²) in [5.74, 6) is 0.215. The normalized spacial score (nSPS) is 16.3. The second-order valence-corrected chi connectivity index (χ2v) is 3.96. The van der Waals surface area contributed by atoms with E-state index in [2.05, 4.69) is 5.43 Å². The number of nitrogens with zero attached hydrogens (tertiary/aromatic N) is 1. The number of hydrogen-bond donors (Lipinski definition) is 2. The Morgan fingerprint density at radius 2 is 2.17 bits per heavy atom. The molecule has 1 fully saturated rings. The van der Waals surface area contributed by atoms with E-state index in [0.717, 1.165) is 0 Å². The predicted molar refractivity (Wildman–Crippen MR) is 67.3 cm³/mol. The fourth-order valence-electron chi connectivity index (χ4n) is 1.84. The van der Waals surface area contributed by atoms with Crippen molar-refractivity contribution in [3.63, 3.8) is 0 Å². The Morgan fingerprint density at radius 3 is 2.83 bits per heavy atom. The van der Waals surface area contributed by atoms with Crippen LogP contribution in [0.15, 0.2) is 18.2 Å². The van der Waals surface area contributed by atoms with Crippen molar-refractivity contribution in [1.82, 2.24) is 10.4 Å². The van der Waals surface area contributed by atoms with Gasteiger partial charge in [-0.2, -0.15) is 0 Å². The number of nitrogen functional groups attached to an aromatic ring is 1. The number of rotatable bonds is 3. The Kier molecular flexibility index (Phi) is 4.01. The van der Waals surface area contributed by atoms with Gasteiger partial charge in [0, 0.05) is 18.8 Å². The number of carbonyl (C=O) groups excluding carboxylic acids is 1. The van der Waals surface area contributed by atoms with Crippen LogP contribution in [0.1, 0.15) is 10.4 Å². The molecule has 1 aliphatic heterocycles. The molecule has 0 saturated carbocycles. The maximum atomic E-state index is 12.2. The summed E-state index contributed by atoms with van der Waals surface area (Å²) in [5.41, 5.74) is 9.39. The van der Waals surface area contributed by atoms with Gasteiger partial charge in [-0.1, -0.05) is 6.07 Å². The van der Waals surface area contributed by atoms with Gasteiger partial charge in [0.05, 0.1) is 20.3 Å². The fraction of sp³-hybridized carbons (Fsp3) is 0.417. The van der Waals surface area contributed by atoms with Crippen LogP contribution in [0.5, 0.6) is 5.75 Å². The number of benzene rings is 1. The summed E-state index contributed by atoms with van der Waals surface area (Å²) < 4.78 is 10.4. The zero-order valence-electron chi connectivity index (χ0n) is 10.3. The zero-order valence-corrected chi connectivity index (χ0v) is 10.3. The van der Waals surface area contributed by atoms with E-state index < -0.39 is 0 Å². The lowest BCUT2D eigenvalue weighted by molar-refractivity contribution is 0.0126. The first kappa shape index (κ1) is 12.7. The van der Waals surface area contributed by atoms with Gasteiger partial charge in [0.2, 0.25) is 0 Å². The minimum absolute atomic E-state index is 0.258. The Labute approximate surface area is 106 Å². The summed E-state index contributed by atoms with van der Waals surface area (Å²) in [4.78, 5) is 12.2. The highest BCUT2D eigenvalue weighted by atomic mass is 16.5. The maximum Gasteiger partial charge on any atom is 0.271 e. The molecule has 0 unspecified atom stereocenters. The zero-order chi connectivity index (χ0) is 13.0. The van der Waals surface area contributed by atoms with Crippen LogP contribution in [0.2, 0.25) is 0 Å². The largest absolute Gasteiger partial charge is 0.496 e. The summed E-state index contributed by atoms with van der Waals surface area (Å²) in [5, 5.41) is 1.82. The van der Waals surface area contributed by atoms with Gasteiger partial charge in [0.1, 0.15) is 11.3 Å². The first-order valence-electron chi connectivity index (χ1n) is 5.78. The van der Waals surface area contributed by atoms with Gasteiger partial charge < -0.3 is 15.2 Å². The molecule has 1 aromatic rings. The minimum Gasteiger partial charge on any atom is -0.496 e. The summed E-state index contributed by atoms with van der Waals surface area (Å²) >= 11 is 0. The first-order valence-corrected chi connectivity index (χ1v) is 5.78. The number of hydrogen-bond acceptors (Lipinski definition) is 5. The summed E-state index contributed by atoms with van der Waals surface area (Å²) in [6, 6.07) is 5.14. The molecule has 0 aliphatic carbocycles. The quantitative estimate of drug-likeness (QED) is 0.753. The highest BCUT2D eigenvalue weighted by Gasteiger charge is 2.19. The SMILES string of the molecule is COc1cccc(N)c1C(=O)NN1CCOCC1. The molecule has 6 nitrogen and oxygen atoms in total. The van der Waals surface area contributed by atoms with Gasteiger partial charge >= 0.3 is 0 Å². The number of amides is 1. The van der Waals surface area contributed by atoms with Crippen molar-refractivity contribution >= 4 is 11.6 Å². The van der Waals surface area contributed by atoms with Crippen LogP contribution in [0.4, 0.5) is 5.69 Å². The van der Waals surface area contributed by atoms with Crippen LogP contribution in [0.3, 0.4) is 0 Å². The minimum atomic E-state index is -0.258. The molecule has 6 heteroatoms. The smallest absolute Gasteiger partial charge is 0.271 e. The van der Waals surface area contributed by atoms with Crippen molar-refractivity contribution in [1.29, 1.82) is 0 Å². The van der Waals surface area contributed by atoms with E-state index in [1.165, 1.54) is 7.11 Å². The molecule has 0 aromatic heterocycles. The highest BCUT2D eigenvalue weighted by Crippen LogP contribution is 2.23. The van der Waals surface area contributed by atoms with E-state index in [4.69, 9.17) is 15.2 Å². The molecule has 3 N–H and O–H groups in total. The van der Waals surface area contributed by atoms with Gasteiger partial charge in [0.25, 0.3) is 5.91 Å². The predicted octanol–water partition coefficient (Wildman–Crippen LogP) is 0.254. The van der Waals surface area contributed by atoms with Gasteiger partial charge in [0.15, 0.2) is 0 Å². The standard InChI is InChI=1S/C12H17N3O3/c1-17-10-4-2-3-9(13)11(10)12(16)14-15-5-7-18-8-6-15/h2-4H,5-8,13H2,1H3,(H,14,16). The number of carbonyl (C=O) groups is 1. The van der Waals surface area contributed by atoms with Crippen molar-refractivity contribution in [2.75, 3.05) is 39.1 Å². The van der Waals surface area contributed by atoms with E-state index in [9.17, 15) is 4.79 Å². The number of nitrogens with one attached hydrogen (secondary N) is 1. The number of morpholine rings is 1.